The predicted octanol–water partition coefficient (Wildman–Crippen LogP) is 3.58. The zero-order valence-corrected chi connectivity index (χ0v) is 12.0. The van der Waals surface area contributed by atoms with E-state index in [2.05, 4.69) is 5.32 Å². The molecule has 0 bridgehead atoms. The molecule has 7 heteroatoms. The standard InChI is InChI=1S/C13H17ClF3NO2/c1-3-18-11(7-20-8-13(15,16)17)9-4-5-12(19-2)10(14)6-9/h4-6,11,18H,3,7-8H2,1-2H3. The van der Waals surface area contributed by atoms with Gasteiger partial charge in [0, 0.05) is 0 Å². The predicted molar refractivity (Wildman–Crippen MR) is 71.3 cm³/mol. The van der Waals surface area contributed by atoms with E-state index < -0.39 is 12.8 Å². The molecular weight excluding hydrogens is 295 g/mol. The highest BCUT2D eigenvalue weighted by Crippen LogP contribution is 2.28. The summed E-state index contributed by atoms with van der Waals surface area (Å²) in [5.74, 6) is 0.516. The quantitative estimate of drug-likeness (QED) is 0.835. The Morgan fingerprint density at radius 1 is 1.35 bits per heavy atom. The summed E-state index contributed by atoms with van der Waals surface area (Å²) >= 11 is 6.01. The summed E-state index contributed by atoms with van der Waals surface area (Å²) < 4.78 is 46.0. The molecule has 1 atom stereocenters. The number of hydrogen-bond donors (Lipinski definition) is 1. The Hall–Kier alpha value is -0.980. The van der Waals surface area contributed by atoms with Crippen LogP contribution in [0.15, 0.2) is 18.2 Å². The van der Waals surface area contributed by atoms with E-state index >= 15 is 0 Å². The van der Waals surface area contributed by atoms with E-state index in [1.54, 1.807) is 18.2 Å². The minimum absolute atomic E-state index is 0.0873. The van der Waals surface area contributed by atoms with Crippen LogP contribution in [0.1, 0.15) is 18.5 Å². The fourth-order valence-corrected chi connectivity index (χ4v) is 1.98. The maximum Gasteiger partial charge on any atom is 0.411 e. The van der Waals surface area contributed by atoms with Crippen molar-refractivity contribution in [2.24, 2.45) is 0 Å². The number of rotatable bonds is 7. The zero-order chi connectivity index (χ0) is 15.2. The van der Waals surface area contributed by atoms with Crippen LogP contribution in [0.2, 0.25) is 5.02 Å². The van der Waals surface area contributed by atoms with Crippen molar-refractivity contribution in [1.82, 2.24) is 5.32 Å². The summed E-state index contributed by atoms with van der Waals surface area (Å²) in [5.41, 5.74) is 0.750. The lowest BCUT2D eigenvalue weighted by Gasteiger charge is -2.19. The van der Waals surface area contributed by atoms with Crippen molar-refractivity contribution in [3.05, 3.63) is 28.8 Å². The lowest BCUT2D eigenvalue weighted by Crippen LogP contribution is -2.28. The fourth-order valence-electron chi connectivity index (χ4n) is 1.71. The molecule has 0 aromatic heterocycles. The Morgan fingerprint density at radius 3 is 2.55 bits per heavy atom. The zero-order valence-electron chi connectivity index (χ0n) is 11.3. The first-order valence-electron chi connectivity index (χ1n) is 6.08. The minimum Gasteiger partial charge on any atom is -0.495 e. The highest BCUT2D eigenvalue weighted by atomic mass is 35.5. The van der Waals surface area contributed by atoms with Crippen LogP contribution in [0.5, 0.6) is 5.75 Å². The second-order valence-corrected chi connectivity index (χ2v) is 4.54. The lowest BCUT2D eigenvalue weighted by molar-refractivity contribution is -0.175. The molecule has 0 saturated carbocycles. The van der Waals surface area contributed by atoms with E-state index in [1.807, 2.05) is 6.92 Å². The second-order valence-electron chi connectivity index (χ2n) is 4.13. The van der Waals surface area contributed by atoms with Crippen LogP contribution in [0.4, 0.5) is 13.2 Å². The molecule has 0 spiro atoms. The summed E-state index contributed by atoms with van der Waals surface area (Å²) in [4.78, 5) is 0. The summed E-state index contributed by atoms with van der Waals surface area (Å²) in [6.45, 7) is 1.11. The van der Waals surface area contributed by atoms with E-state index in [0.717, 1.165) is 5.56 Å². The third kappa shape index (κ3) is 5.56. The normalized spacial score (nSPS) is 13.3. The number of ether oxygens (including phenoxy) is 2. The Labute approximate surface area is 121 Å². The molecule has 0 radical (unpaired) electrons. The van der Waals surface area contributed by atoms with Gasteiger partial charge in [0.15, 0.2) is 0 Å². The van der Waals surface area contributed by atoms with Crippen molar-refractivity contribution in [2.75, 3.05) is 26.9 Å². The molecule has 1 N–H and O–H groups in total. The van der Waals surface area contributed by atoms with Crippen LogP contribution in [0, 0.1) is 0 Å². The van der Waals surface area contributed by atoms with Gasteiger partial charge in [-0.15, -0.1) is 0 Å². The number of methoxy groups -OCH3 is 1. The van der Waals surface area contributed by atoms with Gasteiger partial charge in [-0.25, -0.2) is 0 Å². The van der Waals surface area contributed by atoms with Gasteiger partial charge in [0.25, 0.3) is 0 Å². The summed E-state index contributed by atoms with van der Waals surface area (Å²) in [5, 5.41) is 3.46. The van der Waals surface area contributed by atoms with Crippen LogP contribution in [0.3, 0.4) is 0 Å². The first-order chi connectivity index (χ1) is 9.37. The maximum absolute atomic E-state index is 12.1. The van der Waals surface area contributed by atoms with E-state index in [1.165, 1.54) is 7.11 Å². The molecule has 1 aromatic rings. The number of benzene rings is 1. The molecule has 3 nitrogen and oxygen atoms in total. The average Bonchev–Trinajstić information content (AvgIpc) is 2.36. The van der Waals surface area contributed by atoms with Crippen LogP contribution in [0.25, 0.3) is 0 Å². The Balaban J connectivity index is 2.72. The number of hydrogen-bond acceptors (Lipinski definition) is 3. The van der Waals surface area contributed by atoms with Crippen molar-refractivity contribution in [2.45, 2.75) is 19.1 Å². The fraction of sp³-hybridized carbons (Fsp3) is 0.538. The Kier molecular flexibility index (Phi) is 6.58. The number of nitrogens with one attached hydrogen (secondary N) is 1. The molecule has 0 aliphatic carbocycles. The number of likely N-dealkylation sites (N-methyl/N-ethyl adjacent to an activating group) is 1. The van der Waals surface area contributed by atoms with Crippen molar-refractivity contribution in [1.29, 1.82) is 0 Å². The van der Waals surface area contributed by atoms with E-state index in [-0.39, 0.29) is 12.6 Å². The Bertz CT molecular complexity index is 427. The smallest absolute Gasteiger partial charge is 0.411 e. The highest BCUT2D eigenvalue weighted by Gasteiger charge is 2.28. The van der Waals surface area contributed by atoms with Gasteiger partial charge in [-0.05, 0) is 24.2 Å². The van der Waals surface area contributed by atoms with Crippen molar-refractivity contribution in [3.63, 3.8) is 0 Å². The van der Waals surface area contributed by atoms with Gasteiger partial charge in [0.2, 0.25) is 0 Å². The molecule has 1 unspecified atom stereocenters. The van der Waals surface area contributed by atoms with Gasteiger partial charge in [-0.2, -0.15) is 13.2 Å². The molecule has 1 aromatic carbocycles. The van der Waals surface area contributed by atoms with Crippen LogP contribution < -0.4 is 10.1 Å². The van der Waals surface area contributed by atoms with Crippen molar-refractivity contribution >= 4 is 11.6 Å². The molecule has 0 amide bonds. The van der Waals surface area contributed by atoms with Gasteiger partial charge < -0.3 is 14.8 Å². The maximum atomic E-state index is 12.1. The van der Waals surface area contributed by atoms with Gasteiger partial charge in [0.1, 0.15) is 12.4 Å². The Morgan fingerprint density at radius 2 is 2.05 bits per heavy atom. The van der Waals surface area contributed by atoms with Gasteiger partial charge in [-0.1, -0.05) is 24.6 Å². The number of halogens is 4. The molecule has 114 valence electrons. The molecule has 0 saturated heterocycles. The average molecular weight is 312 g/mol. The van der Waals surface area contributed by atoms with E-state index in [4.69, 9.17) is 21.1 Å². The lowest BCUT2D eigenvalue weighted by atomic mass is 10.1. The van der Waals surface area contributed by atoms with Gasteiger partial charge in [-0.3, -0.25) is 0 Å². The van der Waals surface area contributed by atoms with Crippen LogP contribution in [-0.4, -0.2) is 33.0 Å². The largest absolute Gasteiger partial charge is 0.495 e. The van der Waals surface area contributed by atoms with Crippen LogP contribution in [-0.2, 0) is 4.74 Å². The molecule has 1 rings (SSSR count). The molecule has 0 heterocycles. The topological polar surface area (TPSA) is 30.5 Å². The van der Waals surface area contributed by atoms with E-state index in [0.29, 0.717) is 17.3 Å². The molecule has 0 aliphatic rings. The van der Waals surface area contributed by atoms with E-state index in [9.17, 15) is 13.2 Å². The van der Waals surface area contributed by atoms with Crippen LogP contribution >= 0.6 is 11.6 Å². The van der Waals surface area contributed by atoms with Crippen molar-refractivity contribution < 1.29 is 22.6 Å². The molecule has 20 heavy (non-hydrogen) atoms. The first-order valence-corrected chi connectivity index (χ1v) is 6.46. The monoisotopic (exact) mass is 311 g/mol. The summed E-state index contributed by atoms with van der Waals surface area (Å²) in [7, 11) is 1.50. The van der Waals surface area contributed by atoms with Gasteiger partial charge in [0.05, 0.1) is 24.8 Å². The molecular formula is C13H17ClF3NO2. The van der Waals surface area contributed by atoms with Crippen molar-refractivity contribution in [3.8, 4) is 5.75 Å². The third-order valence-corrected chi connectivity index (χ3v) is 2.87. The first kappa shape index (κ1) is 17.1. The summed E-state index contributed by atoms with van der Waals surface area (Å²) in [6, 6.07) is 4.72. The summed E-state index contributed by atoms with van der Waals surface area (Å²) in [6.07, 6.45) is -4.33. The third-order valence-electron chi connectivity index (χ3n) is 2.58. The number of alkyl halides is 3. The second kappa shape index (κ2) is 7.71. The SMILES string of the molecule is CCNC(COCC(F)(F)F)c1ccc(OC)c(Cl)c1. The molecule has 0 aliphatic heterocycles. The van der Waals surface area contributed by atoms with Gasteiger partial charge >= 0.3 is 6.18 Å². The molecule has 0 fully saturated rings. The minimum atomic E-state index is -4.33. The highest BCUT2D eigenvalue weighted by molar-refractivity contribution is 6.32.